The summed E-state index contributed by atoms with van der Waals surface area (Å²) in [7, 11) is 0. The molecule has 0 fully saturated rings. The molecule has 2 N–H and O–H groups in total. The van der Waals surface area contributed by atoms with Crippen molar-refractivity contribution in [3.05, 3.63) is 99.5 Å². The summed E-state index contributed by atoms with van der Waals surface area (Å²) in [6.45, 7) is 3.65. The third-order valence-electron chi connectivity index (χ3n) is 4.91. The summed E-state index contributed by atoms with van der Waals surface area (Å²) < 4.78 is 11.1. The van der Waals surface area contributed by atoms with Crippen molar-refractivity contribution in [2.24, 2.45) is 0 Å². The van der Waals surface area contributed by atoms with Gasteiger partial charge in [-0.1, -0.05) is 57.4 Å². The van der Waals surface area contributed by atoms with Crippen molar-refractivity contribution < 1.29 is 33.8 Å². The minimum Gasteiger partial charge on any atom is -0.478 e. The second kappa shape index (κ2) is 11.4. The van der Waals surface area contributed by atoms with Gasteiger partial charge in [0.05, 0.1) is 11.1 Å². The number of hydrogen-bond acceptors (Lipinski definition) is 6. The Hall–Kier alpha value is -3.98. The van der Waals surface area contributed by atoms with Gasteiger partial charge in [0.2, 0.25) is 12.2 Å². The van der Waals surface area contributed by atoms with E-state index in [0.717, 1.165) is 11.1 Å². The first-order valence-electron chi connectivity index (χ1n) is 10.5. The Kier molecular flexibility index (Phi) is 8.38. The van der Waals surface area contributed by atoms with Gasteiger partial charge in [-0.05, 0) is 56.3 Å². The molecule has 3 aromatic rings. The molecule has 0 heterocycles. The summed E-state index contributed by atoms with van der Waals surface area (Å²) in [5.74, 6) is -4.56. The number of carbonyl (C=O) groups is 4. The monoisotopic (exact) mass is 539 g/mol. The number of ether oxygens (including phenoxy) is 2. The number of benzene rings is 3. The fraction of sp³-hybridized carbons (Fsp3) is 0.154. The van der Waals surface area contributed by atoms with Gasteiger partial charge in [0, 0.05) is 10.2 Å². The lowest BCUT2D eigenvalue weighted by Gasteiger charge is -2.23. The Morgan fingerprint density at radius 2 is 1.26 bits per heavy atom. The Balaban J connectivity index is 1.90. The Bertz CT molecular complexity index is 1240. The summed E-state index contributed by atoms with van der Waals surface area (Å²) in [6, 6.07) is 19.1. The molecule has 3 rings (SSSR count). The highest BCUT2D eigenvalue weighted by molar-refractivity contribution is 9.10. The van der Waals surface area contributed by atoms with Crippen LogP contribution in [-0.2, 0) is 19.1 Å². The first kappa shape index (κ1) is 25.6. The van der Waals surface area contributed by atoms with Gasteiger partial charge in [-0.15, -0.1) is 0 Å². The number of rotatable bonds is 8. The summed E-state index contributed by atoms with van der Waals surface area (Å²) in [6.07, 6.45) is -4.08. The SMILES string of the molecule is Cc1ccc(C(=O)O[C@H](C(=O)O)[C@H](OC(=O)c2ccc(C)cc2)C(=O)Nc2cccc(Br)c2)cc1. The fourth-order valence-corrected chi connectivity index (χ4v) is 3.42. The van der Waals surface area contributed by atoms with Crippen LogP contribution in [0.3, 0.4) is 0 Å². The molecular weight excluding hydrogens is 518 g/mol. The molecule has 0 aromatic heterocycles. The molecule has 0 radical (unpaired) electrons. The topological polar surface area (TPSA) is 119 Å². The van der Waals surface area contributed by atoms with Crippen LogP contribution in [0.2, 0.25) is 0 Å². The quantitative estimate of drug-likeness (QED) is 0.403. The standard InChI is InChI=1S/C26H22BrNO7/c1-15-6-10-17(11-7-15)25(32)34-21(23(29)28-20-5-3-4-19(27)14-20)22(24(30)31)35-26(33)18-12-8-16(2)9-13-18/h3-14,21-22H,1-2H3,(H,28,29)(H,30,31)/t21-,22-/m0/s1. The van der Waals surface area contributed by atoms with Crippen LogP contribution in [0.15, 0.2) is 77.3 Å². The first-order valence-corrected chi connectivity index (χ1v) is 11.3. The summed E-state index contributed by atoms with van der Waals surface area (Å²) in [4.78, 5) is 50.6. The molecule has 1 amide bonds. The lowest BCUT2D eigenvalue weighted by atomic mass is 10.1. The van der Waals surface area contributed by atoms with Crippen LogP contribution in [0, 0.1) is 13.8 Å². The maximum absolute atomic E-state index is 13.1. The number of aliphatic carboxylic acids is 1. The van der Waals surface area contributed by atoms with Crippen LogP contribution >= 0.6 is 15.9 Å². The van der Waals surface area contributed by atoms with E-state index in [1.54, 1.807) is 48.5 Å². The lowest BCUT2D eigenvalue weighted by Crippen LogP contribution is -2.48. The van der Waals surface area contributed by atoms with E-state index in [-0.39, 0.29) is 11.1 Å². The number of hydrogen-bond donors (Lipinski definition) is 2. The van der Waals surface area contributed by atoms with E-state index in [2.05, 4.69) is 21.2 Å². The largest absolute Gasteiger partial charge is 0.478 e. The van der Waals surface area contributed by atoms with E-state index in [0.29, 0.717) is 10.2 Å². The number of carboxylic acids is 1. The molecule has 2 atom stereocenters. The molecule has 0 saturated heterocycles. The van der Waals surface area contributed by atoms with Crippen molar-refractivity contribution in [1.82, 2.24) is 0 Å². The highest BCUT2D eigenvalue weighted by Crippen LogP contribution is 2.19. The van der Waals surface area contributed by atoms with Gasteiger partial charge in [0.25, 0.3) is 5.91 Å². The number of aryl methyl sites for hydroxylation is 2. The lowest BCUT2D eigenvalue weighted by molar-refractivity contribution is -0.157. The Labute approximate surface area is 210 Å². The maximum Gasteiger partial charge on any atom is 0.349 e. The molecule has 0 aliphatic rings. The molecule has 0 aliphatic carbocycles. The minimum atomic E-state index is -2.11. The van der Waals surface area contributed by atoms with Crippen LogP contribution in [0.1, 0.15) is 31.8 Å². The smallest absolute Gasteiger partial charge is 0.349 e. The number of carbonyl (C=O) groups excluding carboxylic acids is 3. The van der Waals surface area contributed by atoms with Crippen molar-refractivity contribution in [2.75, 3.05) is 5.32 Å². The van der Waals surface area contributed by atoms with Crippen molar-refractivity contribution in [3.63, 3.8) is 0 Å². The number of carboxylic acid groups (broad SMARTS) is 1. The van der Waals surface area contributed by atoms with E-state index in [9.17, 15) is 24.3 Å². The average Bonchev–Trinajstić information content (AvgIpc) is 2.81. The van der Waals surface area contributed by atoms with E-state index in [1.165, 1.54) is 24.3 Å². The van der Waals surface area contributed by atoms with Crippen LogP contribution in [0.4, 0.5) is 5.69 Å². The van der Waals surface area contributed by atoms with Gasteiger partial charge in [-0.3, -0.25) is 4.79 Å². The normalized spacial score (nSPS) is 12.2. The van der Waals surface area contributed by atoms with E-state index >= 15 is 0 Å². The van der Waals surface area contributed by atoms with Crippen molar-refractivity contribution in [1.29, 1.82) is 0 Å². The zero-order chi connectivity index (χ0) is 25.5. The van der Waals surface area contributed by atoms with Gasteiger partial charge in [-0.2, -0.15) is 0 Å². The zero-order valence-electron chi connectivity index (χ0n) is 18.9. The van der Waals surface area contributed by atoms with Gasteiger partial charge < -0.3 is 19.9 Å². The molecule has 0 unspecified atom stereocenters. The summed E-state index contributed by atoms with van der Waals surface area (Å²) in [5.41, 5.74) is 2.27. The van der Waals surface area contributed by atoms with Gasteiger partial charge in [0.15, 0.2) is 0 Å². The second-order valence-corrected chi connectivity index (χ2v) is 8.64. The molecule has 0 saturated carbocycles. The molecule has 9 heteroatoms. The van der Waals surface area contributed by atoms with E-state index in [1.807, 2.05) is 13.8 Å². The number of amides is 1. The second-order valence-electron chi connectivity index (χ2n) is 7.72. The van der Waals surface area contributed by atoms with Crippen LogP contribution in [0.5, 0.6) is 0 Å². The third-order valence-corrected chi connectivity index (χ3v) is 5.40. The Morgan fingerprint density at radius 1 is 0.771 bits per heavy atom. The predicted molar refractivity (Wildman–Crippen MR) is 131 cm³/mol. The molecule has 180 valence electrons. The molecule has 3 aromatic carbocycles. The van der Waals surface area contributed by atoms with E-state index in [4.69, 9.17) is 9.47 Å². The summed E-state index contributed by atoms with van der Waals surface area (Å²) >= 11 is 3.28. The van der Waals surface area contributed by atoms with E-state index < -0.39 is 36.0 Å². The molecular formula is C26H22BrNO7. The van der Waals surface area contributed by atoms with Crippen LogP contribution < -0.4 is 5.32 Å². The molecule has 0 spiro atoms. The maximum atomic E-state index is 13.1. The average molecular weight is 540 g/mol. The highest BCUT2D eigenvalue weighted by atomic mass is 79.9. The number of nitrogens with one attached hydrogen (secondary N) is 1. The zero-order valence-corrected chi connectivity index (χ0v) is 20.4. The molecule has 8 nitrogen and oxygen atoms in total. The van der Waals surface area contributed by atoms with Crippen LogP contribution in [-0.4, -0.2) is 41.1 Å². The van der Waals surface area contributed by atoms with Crippen molar-refractivity contribution in [2.45, 2.75) is 26.1 Å². The van der Waals surface area contributed by atoms with Crippen molar-refractivity contribution >= 4 is 45.4 Å². The predicted octanol–water partition coefficient (Wildman–Crippen LogP) is 4.54. The number of esters is 2. The van der Waals surface area contributed by atoms with Gasteiger partial charge >= 0.3 is 17.9 Å². The molecule has 0 bridgehead atoms. The number of anilines is 1. The molecule has 0 aliphatic heterocycles. The van der Waals surface area contributed by atoms with Crippen LogP contribution in [0.25, 0.3) is 0 Å². The summed E-state index contributed by atoms with van der Waals surface area (Å²) in [5, 5.41) is 12.3. The third kappa shape index (κ3) is 7.00. The molecule has 35 heavy (non-hydrogen) atoms. The van der Waals surface area contributed by atoms with Gasteiger partial charge in [-0.25, -0.2) is 14.4 Å². The van der Waals surface area contributed by atoms with Crippen molar-refractivity contribution in [3.8, 4) is 0 Å². The van der Waals surface area contributed by atoms with Gasteiger partial charge in [0.1, 0.15) is 0 Å². The highest BCUT2D eigenvalue weighted by Gasteiger charge is 2.41. The minimum absolute atomic E-state index is 0.0814. The Morgan fingerprint density at radius 3 is 1.71 bits per heavy atom. The first-order chi connectivity index (χ1) is 16.6. The number of halogens is 1. The fourth-order valence-electron chi connectivity index (χ4n) is 3.02.